The van der Waals surface area contributed by atoms with Crippen molar-refractivity contribution < 1.29 is 9.53 Å². The number of pyridine rings is 1. The maximum Gasteiger partial charge on any atom is 0.251 e. The molecular weight excluding hydrogens is 392 g/mol. The van der Waals surface area contributed by atoms with E-state index in [4.69, 9.17) is 4.74 Å². The van der Waals surface area contributed by atoms with E-state index in [0.29, 0.717) is 36.9 Å². The lowest BCUT2D eigenvalue weighted by Gasteiger charge is -2.09. The number of aromatic nitrogens is 3. The van der Waals surface area contributed by atoms with E-state index in [9.17, 15) is 4.79 Å². The van der Waals surface area contributed by atoms with Crippen molar-refractivity contribution in [3.05, 3.63) is 66.5 Å². The number of anilines is 3. The second-order valence-corrected chi connectivity index (χ2v) is 6.93. The van der Waals surface area contributed by atoms with Crippen LogP contribution < -0.4 is 20.7 Å². The van der Waals surface area contributed by atoms with Gasteiger partial charge in [-0.2, -0.15) is 0 Å². The first-order valence-electron chi connectivity index (χ1n) is 10.5. The van der Waals surface area contributed by atoms with E-state index in [2.05, 4.69) is 38.1 Å². The summed E-state index contributed by atoms with van der Waals surface area (Å²) in [5.41, 5.74) is 1.50. The summed E-state index contributed by atoms with van der Waals surface area (Å²) in [6.45, 7) is 3.87. The van der Waals surface area contributed by atoms with Crippen LogP contribution in [0.2, 0.25) is 0 Å². The van der Waals surface area contributed by atoms with Crippen LogP contribution in [0.15, 0.2) is 60.9 Å². The Kier molecular flexibility index (Phi) is 8.60. The zero-order chi connectivity index (χ0) is 21.7. The molecule has 3 rings (SSSR count). The van der Waals surface area contributed by atoms with Crippen LogP contribution in [0.1, 0.15) is 36.5 Å². The highest BCUT2D eigenvalue weighted by atomic mass is 16.5. The average Bonchev–Trinajstić information content (AvgIpc) is 2.81. The fourth-order valence-electron chi connectivity index (χ4n) is 2.79. The lowest BCUT2D eigenvalue weighted by atomic mass is 10.2. The van der Waals surface area contributed by atoms with Crippen LogP contribution in [-0.2, 0) is 0 Å². The number of unbranched alkanes of at least 4 members (excludes halogenated alkanes) is 2. The first-order chi connectivity index (χ1) is 15.2. The number of hydrogen-bond acceptors (Lipinski definition) is 7. The number of carbonyl (C=O) groups is 1. The van der Waals surface area contributed by atoms with Crippen LogP contribution in [0.4, 0.5) is 17.3 Å². The number of carbonyl (C=O) groups excluding carboxylic acids is 1. The third kappa shape index (κ3) is 7.58. The first kappa shape index (κ1) is 22.0. The average molecular weight is 421 g/mol. The Morgan fingerprint density at radius 3 is 2.35 bits per heavy atom. The van der Waals surface area contributed by atoms with Crippen molar-refractivity contribution in [2.75, 3.05) is 30.3 Å². The quantitative estimate of drug-likeness (QED) is 0.380. The van der Waals surface area contributed by atoms with Crippen molar-refractivity contribution in [3.63, 3.8) is 0 Å². The van der Waals surface area contributed by atoms with Crippen LogP contribution >= 0.6 is 0 Å². The zero-order valence-electron chi connectivity index (χ0n) is 17.7. The fourth-order valence-corrected chi connectivity index (χ4v) is 2.79. The van der Waals surface area contributed by atoms with Gasteiger partial charge in [-0.15, -0.1) is 10.2 Å². The van der Waals surface area contributed by atoms with Crippen molar-refractivity contribution in [2.45, 2.75) is 26.2 Å². The predicted molar refractivity (Wildman–Crippen MR) is 122 cm³/mol. The van der Waals surface area contributed by atoms with E-state index < -0.39 is 0 Å². The highest BCUT2D eigenvalue weighted by Gasteiger charge is 2.05. The number of ether oxygens (including phenoxy) is 1. The number of rotatable bonds is 12. The Balaban J connectivity index is 1.36. The van der Waals surface area contributed by atoms with Crippen LogP contribution in [0.3, 0.4) is 0 Å². The van der Waals surface area contributed by atoms with Crippen molar-refractivity contribution in [3.8, 4) is 5.75 Å². The predicted octanol–water partition coefficient (Wildman–Crippen LogP) is 4.03. The molecule has 0 aliphatic rings. The number of nitrogens with one attached hydrogen (secondary N) is 3. The summed E-state index contributed by atoms with van der Waals surface area (Å²) < 4.78 is 5.67. The van der Waals surface area contributed by atoms with E-state index >= 15 is 0 Å². The van der Waals surface area contributed by atoms with Crippen molar-refractivity contribution in [1.82, 2.24) is 20.5 Å². The van der Waals surface area contributed by atoms with Crippen LogP contribution in [-0.4, -0.2) is 40.8 Å². The summed E-state index contributed by atoms with van der Waals surface area (Å²) in [6, 6.07) is 14.6. The van der Waals surface area contributed by atoms with Gasteiger partial charge in [0.1, 0.15) is 11.6 Å². The number of nitrogens with zero attached hydrogens (tertiary/aromatic N) is 3. The molecule has 0 spiro atoms. The molecule has 0 radical (unpaired) electrons. The molecule has 3 N–H and O–H groups in total. The molecule has 162 valence electrons. The number of amides is 1. The monoisotopic (exact) mass is 420 g/mol. The Morgan fingerprint density at radius 2 is 1.65 bits per heavy atom. The molecule has 3 aromatic rings. The van der Waals surface area contributed by atoms with E-state index in [1.54, 1.807) is 24.5 Å². The molecule has 1 amide bonds. The van der Waals surface area contributed by atoms with Gasteiger partial charge < -0.3 is 20.7 Å². The molecule has 0 aliphatic carbocycles. The molecule has 0 bridgehead atoms. The molecule has 0 saturated heterocycles. The van der Waals surface area contributed by atoms with Gasteiger partial charge in [-0.05, 0) is 55.0 Å². The smallest absolute Gasteiger partial charge is 0.251 e. The molecule has 31 heavy (non-hydrogen) atoms. The van der Waals surface area contributed by atoms with Crippen LogP contribution in [0.5, 0.6) is 5.75 Å². The molecule has 2 heterocycles. The molecule has 0 unspecified atom stereocenters. The SMILES string of the molecule is CCCCCOc1ccc(C(=O)NCCNc2ccc(Nc3ccncc3)nn2)cc1. The van der Waals surface area contributed by atoms with Gasteiger partial charge in [-0.3, -0.25) is 9.78 Å². The first-order valence-corrected chi connectivity index (χ1v) is 10.5. The highest BCUT2D eigenvalue weighted by molar-refractivity contribution is 5.94. The van der Waals surface area contributed by atoms with Crippen molar-refractivity contribution in [1.29, 1.82) is 0 Å². The largest absolute Gasteiger partial charge is 0.494 e. The van der Waals surface area contributed by atoms with Gasteiger partial charge in [-0.1, -0.05) is 19.8 Å². The summed E-state index contributed by atoms with van der Waals surface area (Å²) in [4.78, 5) is 16.2. The van der Waals surface area contributed by atoms with Gasteiger partial charge in [0, 0.05) is 36.7 Å². The lowest BCUT2D eigenvalue weighted by Crippen LogP contribution is -2.28. The summed E-state index contributed by atoms with van der Waals surface area (Å²) in [5.74, 6) is 1.94. The molecule has 0 saturated carbocycles. The molecular formula is C23H28N6O2. The van der Waals surface area contributed by atoms with E-state index in [1.165, 1.54) is 6.42 Å². The lowest BCUT2D eigenvalue weighted by molar-refractivity contribution is 0.0955. The maximum atomic E-state index is 12.3. The normalized spacial score (nSPS) is 10.4. The summed E-state index contributed by atoms with van der Waals surface area (Å²) in [7, 11) is 0. The molecule has 0 atom stereocenters. The topological polar surface area (TPSA) is 101 Å². The van der Waals surface area contributed by atoms with E-state index in [0.717, 1.165) is 24.3 Å². The van der Waals surface area contributed by atoms with Gasteiger partial charge in [0.15, 0.2) is 5.82 Å². The van der Waals surface area contributed by atoms with Gasteiger partial charge in [0.05, 0.1) is 6.61 Å². The minimum atomic E-state index is -0.123. The molecule has 2 aromatic heterocycles. The van der Waals surface area contributed by atoms with Crippen LogP contribution in [0.25, 0.3) is 0 Å². The molecule has 8 heteroatoms. The minimum Gasteiger partial charge on any atom is -0.494 e. The second-order valence-electron chi connectivity index (χ2n) is 6.93. The Bertz CT molecular complexity index is 917. The van der Waals surface area contributed by atoms with Crippen LogP contribution in [0, 0.1) is 0 Å². The third-order valence-electron chi connectivity index (χ3n) is 4.47. The van der Waals surface area contributed by atoms with Gasteiger partial charge >= 0.3 is 0 Å². The summed E-state index contributed by atoms with van der Waals surface area (Å²) >= 11 is 0. The fraction of sp³-hybridized carbons (Fsp3) is 0.304. The van der Waals surface area contributed by atoms with E-state index in [-0.39, 0.29) is 5.91 Å². The van der Waals surface area contributed by atoms with Crippen molar-refractivity contribution >= 4 is 23.2 Å². The molecule has 1 aromatic carbocycles. The van der Waals surface area contributed by atoms with Gasteiger partial charge in [0.25, 0.3) is 5.91 Å². The summed E-state index contributed by atoms with van der Waals surface area (Å²) in [5, 5.41) is 17.4. The molecule has 8 nitrogen and oxygen atoms in total. The maximum absolute atomic E-state index is 12.3. The van der Waals surface area contributed by atoms with Gasteiger partial charge in [-0.25, -0.2) is 0 Å². The number of hydrogen-bond donors (Lipinski definition) is 3. The minimum absolute atomic E-state index is 0.123. The number of benzene rings is 1. The Labute approximate surface area is 182 Å². The third-order valence-corrected chi connectivity index (χ3v) is 4.47. The molecule has 0 aliphatic heterocycles. The van der Waals surface area contributed by atoms with E-state index in [1.807, 2.05) is 36.4 Å². The summed E-state index contributed by atoms with van der Waals surface area (Å²) in [6.07, 6.45) is 6.78. The van der Waals surface area contributed by atoms with Crippen molar-refractivity contribution in [2.24, 2.45) is 0 Å². The molecule has 0 fully saturated rings. The standard InChI is InChI=1S/C23H28N6O2/c1-2-3-4-17-31-20-7-5-18(6-8-20)23(30)26-16-15-25-21-9-10-22(29-28-21)27-19-11-13-24-14-12-19/h5-14H,2-4,15-17H2,1H3,(H,25,28)(H,26,30)(H,24,27,29). The second kappa shape index (κ2) is 12.1. The zero-order valence-corrected chi connectivity index (χ0v) is 17.7. The Morgan fingerprint density at radius 1 is 0.903 bits per heavy atom. The van der Waals surface area contributed by atoms with Gasteiger partial charge in [0.2, 0.25) is 0 Å². The highest BCUT2D eigenvalue weighted by Crippen LogP contribution is 2.14. The Hall–Kier alpha value is -3.68.